The van der Waals surface area contributed by atoms with Crippen LogP contribution in [-0.4, -0.2) is 54.9 Å². The molecule has 0 saturated carbocycles. The van der Waals surface area contributed by atoms with Gasteiger partial charge in [-0.2, -0.15) is 0 Å². The van der Waals surface area contributed by atoms with E-state index in [1.165, 1.54) is 12.4 Å². The number of anilines is 1. The van der Waals surface area contributed by atoms with Crippen molar-refractivity contribution in [2.45, 2.75) is 13.0 Å². The van der Waals surface area contributed by atoms with Crippen molar-refractivity contribution >= 4 is 33.4 Å². The minimum Gasteiger partial charge on any atom is -0.486 e. The fourth-order valence-electron chi connectivity index (χ4n) is 3.53. The Hall–Kier alpha value is -4.72. The smallest absolute Gasteiger partial charge is 0.350 e. The van der Waals surface area contributed by atoms with Gasteiger partial charge in [-0.1, -0.05) is 0 Å². The molecule has 6 N–H and O–H groups in total. The van der Waals surface area contributed by atoms with Crippen molar-refractivity contribution in [3.63, 3.8) is 0 Å². The van der Waals surface area contributed by atoms with Gasteiger partial charge in [0.05, 0.1) is 4.47 Å². The molecule has 4 aromatic rings. The number of aromatic amines is 1. The third-order valence-electron chi connectivity index (χ3n) is 5.11. The van der Waals surface area contributed by atoms with Crippen LogP contribution in [0.5, 0.6) is 11.5 Å². The lowest BCUT2D eigenvalue weighted by Crippen LogP contribution is -2.19. The molecule has 0 spiro atoms. The van der Waals surface area contributed by atoms with Gasteiger partial charge in [0.2, 0.25) is 0 Å². The van der Waals surface area contributed by atoms with Crippen molar-refractivity contribution in [2.75, 3.05) is 18.5 Å². The summed E-state index contributed by atoms with van der Waals surface area (Å²) in [6.45, 7) is 1.98. The molecular weight excluding hydrogens is 560 g/mol. The molecule has 3 heterocycles. The number of hydrogen-bond donors (Lipinski definition) is 5. The number of halogens is 1. The summed E-state index contributed by atoms with van der Waals surface area (Å²) < 4.78 is 13.3. The number of fused-ring (bicyclic) bond motifs is 1. The zero-order valence-electron chi connectivity index (χ0n) is 20.0. The molecule has 1 aliphatic rings. The van der Waals surface area contributed by atoms with Gasteiger partial charge in [0.25, 0.3) is 11.9 Å². The van der Waals surface area contributed by atoms with Crippen molar-refractivity contribution in [3.05, 3.63) is 86.8 Å². The van der Waals surface area contributed by atoms with Gasteiger partial charge in [-0.05, 0) is 64.0 Å². The maximum atomic E-state index is 12.7. The Kier molecular flexibility index (Phi) is 8.01. The molecule has 0 amide bonds. The van der Waals surface area contributed by atoms with Crippen molar-refractivity contribution in [3.8, 4) is 17.4 Å². The van der Waals surface area contributed by atoms with Crippen LogP contribution < -0.4 is 26.2 Å². The number of carbonyl (C=O) groups is 1. The lowest BCUT2D eigenvalue weighted by molar-refractivity contribution is -0.134. The van der Waals surface area contributed by atoms with E-state index in [0.717, 1.165) is 22.9 Å². The van der Waals surface area contributed by atoms with Crippen LogP contribution in [0.2, 0.25) is 0 Å². The van der Waals surface area contributed by atoms with Gasteiger partial charge in [-0.25, -0.2) is 14.8 Å². The number of nitrogen functional groups attached to an aromatic ring is 1. The summed E-state index contributed by atoms with van der Waals surface area (Å²) >= 11 is 3.55. The largest absolute Gasteiger partial charge is 0.486 e. The molecule has 38 heavy (non-hydrogen) atoms. The summed E-state index contributed by atoms with van der Waals surface area (Å²) in [7, 11) is 0. The number of rotatable bonds is 6. The standard InChI is InChI=1S/C22H19BrN8O3.C2H4O2/c23-15-10-13(11-16-18(15)34-9-8-33-16)17(28-14-4-2-12(3-5-14)19(24)25)20-29-22(32)31(30-20)21-26-6-1-7-27-21;1-2(3)4/h1-7,10-11,17,28H,8-9H2,(H3,24,25)(H,29,30,32);1H3,(H,3,4). The number of carboxylic acids is 1. The summed E-state index contributed by atoms with van der Waals surface area (Å²) in [5, 5.41) is 22.9. The quantitative estimate of drug-likeness (QED) is 0.166. The van der Waals surface area contributed by atoms with Crippen LogP contribution in [0.1, 0.15) is 29.9 Å². The number of aliphatic carboxylic acids is 1. The molecule has 1 aliphatic heterocycles. The first-order chi connectivity index (χ1) is 18.2. The molecule has 2 aromatic carbocycles. The first-order valence-electron chi connectivity index (χ1n) is 11.2. The number of ether oxygens (including phenoxy) is 2. The molecule has 14 heteroatoms. The topological polar surface area (TPSA) is 194 Å². The fraction of sp³-hybridized carbons (Fsp3) is 0.167. The zero-order valence-corrected chi connectivity index (χ0v) is 21.6. The summed E-state index contributed by atoms with van der Waals surface area (Å²) in [6.07, 6.45) is 3.07. The zero-order chi connectivity index (χ0) is 27.2. The minimum atomic E-state index is -0.833. The van der Waals surface area contributed by atoms with E-state index in [1.54, 1.807) is 30.3 Å². The number of aromatic nitrogens is 5. The van der Waals surface area contributed by atoms with Crippen LogP contribution in [0.25, 0.3) is 5.95 Å². The number of carboxylic acid groups (broad SMARTS) is 1. The predicted octanol–water partition coefficient (Wildman–Crippen LogP) is 2.46. The van der Waals surface area contributed by atoms with Gasteiger partial charge in [-0.3, -0.25) is 15.2 Å². The van der Waals surface area contributed by atoms with E-state index in [4.69, 9.17) is 30.5 Å². The second kappa shape index (κ2) is 11.6. The second-order valence-corrected chi connectivity index (χ2v) is 8.74. The van der Waals surface area contributed by atoms with E-state index in [9.17, 15) is 4.79 Å². The van der Waals surface area contributed by atoms with Gasteiger partial charge in [0, 0.05) is 30.6 Å². The number of amidine groups is 1. The predicted molar refractivity (Wildman–Crippen MR) is 141 cm³/mol. The van der Waals surface area contributed by atoms with Crippen molar-refractivity contribution in [1.29, 1.82) is 5.41 Å². The molecule has 1 unspecified atom stereocenters. The molecule has 13 nitrogen and oxygen atoms in total. The molecule has 196 valence electrons. The highest BCUT2D eigenvalue weighted by molar-refractivity contribution is 9.10. The van der Waals surface area contributed by atoms with Crippen LogP contribution in [0.3, 0.4) is 0 Å². The summed E-state index contributed by atoms with van der Waals surface area (Å²) in [4.78, 5) is 32.7. The monoisotopic (exact) mass is 582 g/mol. The maximum absolute atomic E-state index is 12.7. The number of benzene rings is 2. The Balaban J connectivity index is 0.000000786. The van der Waals surface area contributed by atoms with Crippen LogP contribution in [0, 0.1) is 5.41 Å². The van der Waals surface area contributed by atoms with Gasteiger partial charge in [-0.15, -0.1) is 9.78 Å². The van der Waals surface area contributed by atoms with E-state index >= 15 is 0 Å². The van der Waals surface area contributed by atoms with Crippen LogP contribution in [0.15, 0.2) is 64.1 Å². The van der Waals surface area contributed by atoms with E-state index in [0.29, 0.717) is 40.6 Å². The summed E-state index contributed by atoms with van der Waals surface area (Å²) in [6, 6.07) is 11.9. The minimum absolute atomic E-state index is 0.0233. The van der Waals surface area contributed by atoms with Crippen molar-refractivity contribution in [1.82, 2.24) is 24.7 Å². The third-order valence-corrected chi connectivity index (χ3v) is 5.70. The Bertz CT molecular complexity index is 1500. The van der Waals surface area contributed by atoms with Crippen molar-refractivity contribution < 1.29 is 19.4 Å². The molecule has 0 aliphatic carbocycles. The van der Waals surface area contributed by atoms with Gasteiger partial charge < -0.3 is 25.6 Å². The van der Waals surface area contributed by atoms with Gasteiger partial charge >= 0.3 is 5.69 Å². The molecular formula is C24H23BrN8O5. The normalized spacial score (nSPS) is 12.6. The van der Waals surface area contributed by atoms with E-state index in [1.807, 2.05) is 12.1 Å². The first kappa shape index (κ1) is 26.3. The highest BCUT2D eigenvalue weighted by Gasteiger charge is 2.25. The molecule has 1 atom stereocenters. The fourth-order valence-corrected chi connectivity index (χ4v) is 4.10. The lowest BCUT2D eigenvalue weighted by atomic mass is 10.0. The molecule has 5 rings (SSSR count). The second-order valence-electron chi connectivity index (χ2n) is 7.89. The third kappa shape index (κ3) is 6.15. The summed E-state index contributed by atoms with van der Waals surface area (Å²) in [5.41, 5.74) is 7.19. The Morgan fingerprint density at radius 2 is 1.87 bits per heavy atom. The molecule has 0 radical (unpaired) electrons. The number of nitrogens with one attached hydrogen (secondary N) is 3. The van der Waals surface area contributed by atoms with Gasteiger partial charge in [0.1, 0.15) is 25.1 Å². The summed E-state index contributed by atoms with van der Waals surface area (Å²) in [5.74, 6) is 0.850. The first-order valence-corrected chi connectivity index (χ1v) is 12.0. The van der Waals surface area contributed by atoms with E-state index < -0.39 is 17.7 Å². The average Bonchev–Trinajstić information content (AvgIpc) is 3.29. The Labute approximate surface area is 224 Å². The van der Waals surface area contributed by atoms with Crippen LogP contribution in [0.4, 0.5) is 5.69 Å². The molecule has 0 bridgehead atoms. The number of hydrogen-bond acceptors (Lipinski definition) is 9. The van der Waals surface area contributed by atoms with Crippen molar-refractivity contribution in [2.24, 2.45) is 5.73 Å². The molecule has 2 aromatic heterocycles. The highest BCUT2D eigenvalue weighted by Crippen LogP contribution is 2.41. The average molecular weight is 583 g/mol. The van der Waals surface area contributed by atoms with Gasteiger partial charge in [0.15, 0.2) is 17.3 Å². The Morgan fingerprint density at radius 1 is 1.21 bits per heavy atom. The molecule has 0 fully saturated rings. The van der Waals surface area contributed by atoms with Crippen LogP contribution in [-0.2, 0) is 4.79 Å². The maximum Gasteiger partial charge on any atom is 0.350 e. The lowest BCUT2D eigenvalue weighted by Gasteiger charge is -2.23. The highest BCUT2D eigenvalue weighted by atomic mass is 79.9. The number of H-pyrrole nitrogens is 1. The van der Waals surface area contributed by atoms with E-state index in [-0.39, 0.29) is 11.8 Å². The molecule has 0 saturated heterocycles. The number of nitrogens with two attached hydrogens (primary N) is 1. The van der Waals surface area contributed by atoms with E-state index in [2.05, 4.69) is 41.3 Å². The van der Waals surface area contributed by atoms with Crippen LogP contribution >= 0.6 is 15.9 Å². The Morgan fingerprint density at radius 3 is 2.53 bits per heavy atom. The number of nitrogens with zero attached hydrogens (tertiary/aromatic N) is 4. The SMILES string of the molecule is CC(=O)O.N=C(N)c1ccc(NC(c2cc(Br)c3c(c2)OCCO3)c2nn(-c3ncccn3)c(=O)[nH]2)cc1.